The SMILES string of the molecule is CCc1ccccc1OC(CNC(C)(C)C)COC. The largest absolute Gasteiger partial charge is 0.486 e. The van der Waals surface area contributed by atoms with Gasteiger partial charge in [0, 0.05) is 19.2 Å². The zero-order chi connectivity index (χ0) is 14.3. The Morgan fingerprint density at radius 3 is 2.47 bits per heavy atom. The number of methoxy groups -OCH3 is 1. The van der Waals surface area contributed by atoms with Crippen molar-refractivity contribution in [2.45, 2.75) is 45.8 Å². The van der Waals surface area contributed by atoms with Gasteiger partial charge in [0.15, 0.2) is 0 Å². The number of nitrogens with one attached hydrogen (secondary N) is 1. The monoisotopic (exact) mass is 265 g/mol. The number of hydrogen-bond acceptors (Lipinski definition) is 3. The van der Waals surface area contributed by atoms with Crippen LogP contribution in [0.5, 0.6) is 5.75 Å². The van der Waals surface area contributed by atoms with Crippen molar-refractivity contribution in [2.24, 2.45) is 0 Å². The molecule has 19 heavy (non-hydrogen) atoms. The first-order valence-corrected chi connectivity index (χ1v) is 6.94. The van der Waals surface area contributed by atoms with Crippen LogP contribution in [0, 0.1) is 0 Å². The summed E-state index contributed by atoms with van der Waals surface area (Å²) < 4.78 is 11.3. The van der Waals surface area contributed by atoms with E-state index in [1.807, 2.05) is 18.2 Å². The predicted octanol–water partition coefficient (Wildman–Crippen LogP) is 3.03. The number of rotatable bonds is 7. The highest BCUT2D eigenvalue weighted by Gasteiger charge is 2.16. The molecule has 3 nitrogen and oxygen atoms in total. The minimum atomic E-state index is 0.0249. The summed E-state index contributed by atoms with van der Waals surface area (Å²) in [5, 5.41) is 3.46. The minimum Gasteiger partial charge on any atom is -0.486 e. The second kappa shape index (κ2) is 7.51. The molecule has 0 fully saturated rings. The van der Waals surface area contributed by atoms with Crippen molar-refractivity contribution in [3.05, 3.63) is 29.8 Å². The number of para-hydroxylation sites is 1. The molecule has 1 aromatic carbocycles. The van der Waals surface area contributed by atoms with Crippen LogP contribution in [0.15, 0.2) is 24.3 Å². The molecular weight excluding hydrogens is 238 g/mol. The predicted molar refractivity (Wildman–Crippen MR) is 79.9 cm³/mol. The molecule has 0 spiro atoms. The van der Waals surface area contributed by atoms with Gasteiger partial charge in [-0.15, -0.1) is 0 Å². The number of aryl methyl sites for hydroxylation is 1. The first kappa shape index (κ1) is 16.0. The topological polar surface area (TPSA) is 30.5 Å². The fourth-order valence-electron chi connectivity index (χ4n) is 1.83. The van der Waals surface area contributed by atoms with Gasteiger partial charge in [0.2, 0.25) is 0 Å². The third-order valence-corrected chi connectivity index (χ3v) is 2.86. The first-order valence-electron chi connectivity index (χ1n) is 6.94. The van der Waals surface area contributed by atoms with Gasteiger partial charge in [0.25, 0.3) is 0 Å². The van der Waals surface area contributed by atoms with Crippen LogP contribution in [0.2, 0.25) is 0 Å². The van der Waals surface area contributed by atoms with Gasteiger partial charge in [0.05, 0.1) is 6.61 Å². The highest BCUT2D eigenvalue weighted by molar-refractivity contribution is 5.33. The molecule has 0 bridgehead atoms. The zero-order valence-electron chi connectivity index (χ0n) is 12.8. The Labute approximate surface area is 117 Å². The first-order chi connectivity index (χ1) is 8.96. The standard InChI is InChI=1S/C16H27NO2/c1-6-13-9-7-8-10-15(13)19-14(12-18-5)11-17-16(2,3)4/h7-10,14,17H,6,11-12H2,1-5H3. The summed E-state index contributed by atoms with van der Waals surface area (Å²) in [5.74, 6) is 0.961. The maximum Gasteiger partial charge on any atom is 0.134 e. The van der Waals surface area contributed by atoms with Crippen LogP contribution in [0.3, 0.4) is 0 Å². The van der Waals surface area contributed by atoms with Gasteiger partial charge in [-0.05, 0) is 38.8 Å². The highest BCUT2D eigenvalue weighted by Crippen LogP contribution is 2.19. The van der Waals surface area contributed by atoms with E-state index in [2.05, 4.69) is 39.1 Å². The van der Waals surface area contributed by atoms with E-state index in [0.717, 1.165) is 18.7 Å². The maximum absolute atomic E-state index is 6.08. The fraction of sp³-hybridized carbons (Fsp3) is 0.625. The van der Waals surface area contributed by atoms with E-state index in [0.29, 0.717) is 6.61 Å². The van der Waals surface area contributed by atoms with Gasteiger partial charge in [-0.2, -0.15) is 0 Å². The molecule has 0 aromatic heterocycles. The second-order valence-corrected chi connectivity index (χ2v) is 5.79. The lowest BCUT2D eigenvalue weighted by molar-refractivity contribution is 0.0759. The van der Waals surface area contributed by atoms with Gasteiger partial charge in [-0.1, -0.05) is 25.1 Å². The Morgan fingerprint density at radius 1 is 1.21 bits per heavy atom. The number of hydrogen-bond donors (Lipinski definition) is 1. The van der Waals surface area contributed by atoms with Gasteiger partial charge < -0.3 is 14.8 Å². The molecule has 108 valence electrons. The van der Waals surface area contributed by atoms with E-state index >= 15 is 0 Å². The summed E-state index contributed by atoms with van der Waals surface area (Å²) in [6.45, 7) is 9.95. The van der Waals surface area contributed by atoms with Gasteiger partial charge >= 0.3 is 0 Å². The highest BCUT2D eigenvalue weighted by atomic mass is 16.5. The third-order valence-electron chi connectivity index (χ3n) is 2.86. The minimum absolute atomic E-state index is 0.0249. The molecule has 0 heterocycles. The summed E-state index contributed by atoms with van der Waals surface area (Å²) in [4.78, 5) is 0. The molecule has 0 radical (unpaired) electrons. The van der Waals surface area contributed by atoms with Crippen molar-refractivity contribution in [3.63, 3.8) is 0 Å². The lowest BCUT2D eigenvalue weighted by Crippen LogP contribution is -2.44. The van der Waals surface area contributed by atoms with E-state index in [9.17, 15) is 0 Å². The van der Waals surface area contributed by atoms with Crippen molar-refractivity contribution in [3.8, 4) is 5.75 Å². The van der Waals surface area contributed by atoms with Crippen LogP contribution >= 0.6 is 0 Å². The van der Waals surface area contributed by atoms with E-state index in [-0.39, 0.29) is 11.6 Å². The molecular formula is C16H27NO2. The average molecular weight is 265 g/mol. The maximum atomic E-state index is 6.08. The molecule has 0 aliphatic heterocycles. The quantitative estimate of drug-likeness (QED) is 0.822. The summed E-state index contributed by atoms with van der Waals surface area (Å²) in [6.07, 6.45) is 1.000. The Morgan fingerprint density at radius 2 is 1.89 bits per heavy atom. The molecule has 0 saturated heterocycles. The van der Waals surface area contributed by atoms with Crippen LogP contribution in [-0.2, 0) is 11.2 Å². The van der Waals surface area contributed by atoms with Crippen LogP contribution in [-0.4, -0.2) is 31.9 Å². The Balaban J connectivity index is 2.66. The van der Waals surface area contributed by atoms with Gasteiger partial charge in [-0.3, -0.25) is 0 Å². The summed E-state index contributed by atoms with van der Waals surface area (Å²) in [7, 11) is 1.71. The van der Waals surface area contributed by atoms with E-state index < -0.39 is 0 Å². The van der Waals surface area contributed by atoms with Crippen LogP contribution < -0.4 is 10.1 Å². The molecule has 3 heteroatoms. The lowest BCUT2D eigenvalue weighted by Gasteiger charge is -2.26. The zero-order valence-corrected chi connectivity index (χ0v) is 12.8. The average Bonchev–Trinajstić information content (AvgIpc) is 2.36. The van der Waals surface area contributed by atoms with Crippen LogP contribution in [0.25, 0.3) is 0 Å². The van der Waals surface area contributed by atoms with E-state index in [1.165, 1.54) is 5.56 Å². The molecule has 0 aliphatic rings. The summed E-state index contributed by atoms with van der Waals surface area (Å²) in [6, 6.07) is 8.19. The van der Waals surface area contributed by atoms with Gasteiger partial charge in [-0.25, -0.2) is 0 Å². The second-order valence-electron chi connectivity index (χ2n) is 5.79. The van der Waals surface area contributed by atoms with Crippen molar-refractivity contribution in [1.82, 2.24) is 5.32 Å². The lowest BCUT2D eigenvalue weighted by atomic mass is 10.1. The third kappa shape index (κ3) is 6.08. The van der Waals surface area contributed by atoms with Crippen molar-refractivity contribution >= 4 is 0 Å². The van der Waals surface area contributed by atoms with Gasteiger partial charge in [0.1, 0.15) is 11.9 Å². The Hall–Kier alpha value is -1.06. The van der Waals surface area contributed by atoms with Crippen LogP contribution in [0.4, 0.5) is 0 Å². The molecule has 1 aromatic rings. The normalized spacial score (nSPS) is 13.3. The number of ether oxygens (including phenoxy) is 2. The smallest absolute Gasteiger partial charge is 0.134 e. The molecule has 0 amide bonds. The molecule has 1 unspecified atom stereocenters. The fourth-order valence-corrected chi connectivity index (χ4v) is 1.83. The van der Waals surface area contributed by atoms with E-state index in [4.69, 9.17) is 9.47 Å². The van der Waals surface area contributed by atoms with Crippen molar-refractivity contribution < 1.29 is 9.47 Å². The molecule has 1 N–H and O–H groups in total. The summed E-state index contributed by atoms with van der Waals surface area (Å²) >= 11 is 0. The molecule has 0 saturated carbocycles. The number of benzene rings is 1. The van der Waals surface area contributed by atoms with E-state index in [1.54, 1.807) is 7.11 Å². The van der Waals surface area contributed by atoms with Crippen molar-refractivity contribution in [2.75, 3.05) is 20.3 Å². The Bertz CT molecular complexity index is 371. The summed E-state index contributed by atoms with van der Waals surface area (Å²) in [5.41, 5.74) is 1.32. The van der Waals surface area contributed by atoms with Crippen LogP contribution in [0.1, 0.15) is 33.3 Å². The Kier molecular flexibility index (Phi) is 6.32. The molecule has 1 rings (SSSR count). The molecule has 0 aliphatic carbocycles. The molecule has 1 atom stereocenters. The van der Waals surface area contributed by atoms with Crippen molar-refractivity contribution in [1.29, 1.82) is 0 Å².